The molecule has 0 N–H and O–H groups in total. The lowest BCUT2D eigenvalue weighted by molar-refractivity contribution is 0.112. The molecule has 0 saturated heterocycles. The van der Waals surface area contributed by atoms with Gasteiger partial charge in [-0.1, -0.05) is 42.5 Å². The zero-order valence-electron chi connectivity index (χ0n) is 16.9. The number of hydrogen-bond donors (Lipinski definition) is 0. The molecule has 2 aliphatic carbocycles. The molecule has 0 radical (unpaired) electrons. The van der Waals surface area contributed by atoms with Crippen molar-refractivity contribution in [3.8, 4) is 5.75 Å². The molecule has 29 heavy (non-hydrogen) atoms. The molecule has 2 aromatic rings. The predicted molar refractivity (Wildman–Crippen MR) is 120 cm³/mol. The minimum atomic E-state index is 0.566. The highest BCUT2D eigenvalue weighted by Gasteiger charge is 2.20. The van der Waals surface area contributed by atoms with Crippen molar-refractivity contribution in [1.29, 1.82) is 0 Å². The van der Waals surface area contributed by atoms with E-state index in [1.165, 1.54) is 42.8 Å². The first-order valence-corrected chi connectivity index (χ1v) is 10.4. The first-order valence-electron chi connectivity index (χ1n) is 10.4. The van der Waals surface area contributed by atoms with Crippen molar-refractivity contribution in [3.63, 3.8) is 0 Å². The second kappa shape index (κ2) is 8.95. The number of allylic oxidation sites excluding steroid dienone is 4. The van der Waals surface area contributed by atoms with Gasteiger partial charge in [-0.2, -0.15) is 0 Å². The summed E-state index contributed by atoms with van der Waals surface area (Å²) >= 11 is 0. The Morgan fingerprint density at radius 3 is 2.03 bits per heavy atom. The van der Waals surface area contributed by atoms with E-state index in [9.17, 15) is 4.79 Å². The number of carbonyl (C=O) groups is 1. The molecule has 0 amide bonds. The molecule has 0 aliphatic heterocycles. The second-order valence-electron chi connectivity index (χ2n) is 7.55. The van der Waals surface area contributed by atoms with Gasteiger partial charge >= 0.3 is 0 Å². The minimum absolute atomic E-state index is 0.566. The standard InChI is InChI=1S/C26H27NO2/c1-29-26-18-21(12-15-22(26)19-28)11-10-20-13-16-25(17-14-20)27(23-6-2-3-7-23)24-8-4-5-9-24/h6,8,10-19H,2-5,7,9H2,1H3/b11-10+. The normalized spacial score (nSPS) is 16.0. The van der Waals surface area contributed by atoms with E-state index in [1.54, 1.807) is 13.2 Å². The van der Waals surface area contributed by atoms with Gasteiger partial charge < -0.3 is 9.64 Å². The third-order valence-electron chi connectivity index (χ3n) is 5.61. The van der Waals surface area contributed by atoms with Gasteiger partial charge in [0.1, 0.15) is 5.75 Å². The Hall–Kier alpha value is -3.07. The average Bonchev–Trinajstić information content (AvgIpc) is 3.48. The van der Waals surface area contributed by atoms with Crippen LogP contribution in [0.15, 0.2) is 66.0 Å². The van der Waals surface area contributed by atoms with E-state index >= 15 is 0 Å². The van der Waals surface area contributed by atoms with Crippen LogP contribution in [-0.2, 0) is 0 Å². The van der Waals surface area contributed by atoms with Crippen LogP contribution in [0.5, 0.6) is 5.75 Å². The largest absolute Gasteiger partial charge is 0.496 e. The van der Waals surface area contributed by atoms with Crippen LogP contribution in [0, 0.1) is 0 Å². The highest BCUT2D eigenvalue weighted by atomic mass is 16.5. The van der Waals surface area contributed by atoms with Crippen molar-refractivity contribution in [3.05, 3.63) is 82.7 Å². The van der Waals surface area contributed by atoms with Gasteiger partial charge in [0.05, 0.1) is 12.7 Å². The SMILES string of the molecule is COc1cc(/C=C/c2ccc(N(C3=CCCC3)C3=CCCC3)cc2)ccc1C=O. The van der Waals surface area contributed by atoms with Gasteiger partial charge in [0.25, 0.3) is 0 Å². The fourth-order valence-corrected chi connectivity index (χ4v) is 4.09. The van der Waals surface area contributed by atoms with Gasteiger partial charge in [-0.05, 0) is 73.9 Å². The smallest absolute Gasteiger partial charge is 0.153 e. The third-order valence-corrected chi connectivity index (χ3v) is 5.61. The number of ether oxygens (including phenoxy) is 1. The van der Waals surface area contributed by atoms with Crippen LogP contribution in [0.2, 0.25) is 0 Å². The van der Waals surface area contributed by atoms with Crippen molar-refractivity contribution < 1.29 is 9.53 Å². The Morgan fingerprint density at radius 1 is 0.862 bits per heavy atom. The lowest BCUT2D eigenvalue weighted by atomic mass is 10.1. The molecule has 0 saturated carbocycles. The summed E-state index contributed by atoms with van der Waals surface area (Å²) in [5, 5.41) is 0. The second-order valence-corrected chi connectivity index (χ2v) is 7.55. The molecule has 0 aromatic heterocycles. The first-order chi connectivity index (χ1) is 14.3. The zero-order chi connectivity index (χ0) is 20.1. The van der Waals surface area contributed by atoms with Crippen LogP contribution >= 0.6 is 0 Å². The molecule has 2 aliphatic rings. The van der Waals surface area contributed by atoms with Crippen LogP contribution < -0.4 is 9.64 Å². The summed E-state index contributed by atoms with van der Waals surface area (Å²) in [4.78, 5) is 13.5. The molecule has 3 nitrogen and oxygen atoms in total. The average molecular weight is 386 g/mol. The molecule has 0 atom stereocenters. The highest BCUT2D eigenvalue weighted by Crippen LogP contribution is 2.35. The maximum Gasteiger partial charge on any atom is 0.153 e. The number of nitrogens with zero attached hydrogens (tertiary/aromatic N) is 1. The summed E-state index contributed by atoms with van der Waals surface area (Å²) in [6.07, 6.45) is 16.9. The molecule has 0 bridgehead atoms. The lowest BCUT2D eigenvalue weighted by Crippen LogP contribution is -2.19. The summed E-state index contributed by atoms with van der Waals surface area (Å²) in [5.74, 6) is 0.600. The van der Waals surface area contributed by atoms with Gasteiger partial charge in [0, 0.05) is 17.1 Å². The van der Waals surface area contributed by atoms with E-state index in [4.69, 9.17) is 4.74 Å². The summed E-state index contributed by atoms with van der Waals surface area (Å²) in [7, 11) is 1.58. The minimum Gasteiger partial charge on any atom is -0.496 e. The Kier molecular flexibility index (Phi) is 5.95. The van der Waals surface area contributed by atoms with Crippen LogP contribution in [0.25, 0.3) is 12.2 Å². The van der Waals surface area contributed by atoms with E-state index < -0.39 is 0 Å². The molecule has 0 spiro atoms. The molecular formula is C26H27NO2. The third kappa shape index (κ3) is 4.34. The Balaban J connectivity index is 1.54. The summed E-state index contributed by atoms with van der Waals surface area (Å²) in [5.41, 5.74) is 6.86. The van der Waals surface area contributed by atoms with Gasteiger partial charge in [-0.25, -0.2) is 0 Å². The van der Waals surface area contributed by atoms with Crippen LogP contribution in [0.3, 0.4) is 0 Å². The number of rotatable bonds is 7. The van der Waals surface area contributed by atoms with Crippen molar-refractivity contribution in [1.82, 2.24) is 0 Å². The summed E-state index contributed by atoms with van der Waals surface area (Å²) < 4.78 is 5.29. The van der Waals surface area contributed by atoms with Gasteiger partial charge in [-0.15, -0.1) is 0 Å². The van der Waals surface area contributed by atoms with Crippen LogP contribution in [0.4, 0.5) is 5.69 Å². The highest BCUT2D eigenvalue weighted by molar-refractivity contribution is 5.81. The maximum atomic E-state index is 11.0. The quantitative estimate of drug-likeness (QED) is 0.396. The number of aldehydes is 1. The lowest BCUT2D eigenvalue weighted by Gasteiger charge is -2.27. The van der Waals surface area contributed by atoms with Gasteiger partial charge in [-0.3, -0.25) is 4.79 Å². The summed E-state index contributed by atoms with van der Waals surface area (Å²) in [6.45, 7) is 0. The zero-order valence-corrected chi connectivity index (χ0v) is 16.9. The van der Waals surface area contributed by atoms with Crippen molar-refractivity contribution >= 4 is 24.1 Å². The molecule has 3 heteroatoms. The number of methoxy groups -OCH3 is 1. The Bertz CT molecular complexity index is 943. The van der Waals surface area contributed by atoms with E-state index in [0.717, 1.165) is 30.3 Å². The number of carbonyl (C=O) groups excluding carboxylic acids is 1. The van der Waals surface area contributed by atoms with E-state index in [-0.39, 0.29) is 0 Å². The number of benzene rings is 2. The maximum absolute atomic E-state index is 11.0. The Morgan fingerprint density at radius 2 is 1.48 bits per heavy atom. The molecule has 148 valence electrons. The molecule has 0 heterocycles. The first kappa shape index (κ1) is 19.3. The molecule has 4 rings (SSSR count). The van der Waals surface area contributed by atoms with E-state index in [1.807, 2.05) is 18.2 Å². The molecule has 0 unspecified atom stereocenters. The van der Waals surface area contributed by atoms with Gasteiger partial charge in [0.2, 0.25) is 0 Å². The summed E-state index contributed by atoms with van der Waals surface area (Å²) in [6, 6.07) is 14.4. The fourth-order valence-electron chi connectivity index (χ4n) is 4.09. The topological polar surface area (TPSA) is 29.5 Å². The molecule has 2 aromatic carbocycles. The fraction of sp³-hybridized carbons (Fsp3) is 0.269. The molecule has 0 fully saturated rings. The van der Waals surface area contributed by atoms with Crippen LogP contribution in [0.1, 0.15) is 60.0 Å². The van der Waals surface area contributed by atoms with E-state index in [0.29, 0.717) is 11.3 Å². The van der Waals surface area contributed by atoms with Crippen molar-refractivity contribution in [2.75, 3.05) is 12.0 Å². The van der Waals surface area contributed by atoms with Crippen molar-refractivity contribution in [2.45, 2.75) is 38.5 Å². The molecular weight excluding hydrogens is 358 g/mol. The van der Waals surface area contributed by atoms with Crippen LogP contribution in [-0.4, -0.2) is 13.4 Å². The monoisotopic (exact) mass is 385 g/mol. The van der Waals surface area contributed by atoms with Gasteiger partial charge in [0.15, 0.2) is 6.29 Å². The predicted octanol–water partition coefficient (Wildman–Crippen LogP) is 6.62. The van der Waals surface area contributed by atoms with E-state index in [2.05, 4.69) is 47.4 Å². The number of hydrogen-bond acceptors (Lipinski definition) is 3. The Labute approximate surface area is 173 Å². The van der Waals surface area contributed by atoms with Crippen molar-refractivity contribution in [2.24, 2.45) is 0 Å². The number of anilines is 1.